The molecule has 0 spiro atoms. The Bertz CT molecular complexity index is 773. The van der Waals surface area contributed by atoms with Gasteiger partial charge < -0.3 is 19.9 Å². The first-order chi connectivity index (χ1) is 12.9. The summed E-state index contributed by atoms with van der Waals surface area (Å²) in [7, 11) is 1.61. The summed E-state index contributed by atoms with van der Waals surface area (Å²) in [6, 6.07) is 16.2. The highest BCUT2D eigenvalue weighted by molar-refractivity contribution is 5.91. The van der Waals surface area contributed by atoms with Crippen molar-refractivity contribution >= 4 is 17.4 Å². The molecule has 0 saturated carbocycles. The van der Waals surface area contributed by atoms with Gasteiger partial charge in [0, 0.05) is 31.9 Å². The number of methoxy groups -OCH3 is 1. The van der Waals surface area contributed by atoms with Crippen molar-refractivity contribution in [1.29, 1.82) is 0 Å². The maximum absolute atomic E-state index is 12.6. The lowest BCUT2D eigenvalue weighted by Crippen LogP contribution is -2.50. The van der Waals surface area contributed by atoms with E-state index >= 15 is 0 Å². The van der Waals surface area contributed by atoms with Gasteiger partial charge in [-0.1, -0.05) is 45.0 Å². The molecule has 0 bridgehead atoms. The fourth-order valence-corrected chi connectivity index (χ4v) is 3.28. The van der Waals surface area contributed by atoms with Gasteiger partial charge in [0.2, 0.25) is 0 Å². The highest BCUT2D eigenvalue weighted by Crippen LogP contribution is 2.26. The van der Waals surface area contributed by atoms with Crippen LogP contribution < -0.4 is 15.0 Å². The second-order valence-corrected chi connectivity index (χ2v) is 7.90. The average Bonchev–Trinajstić information content (AvgIpc) is 2.68. The van der Waals surface area contributed by atoms with Gasteiger partial charge >= 0.3 is 6.03 Å². The van der Waals surface area contributed by atoms with E-state index in [1.165, 1.54) is 11.3 Å². The van der Waals surface area contributed by atoms with Gasteiger partial charge in [0.25, 0.3) is 0 Å². The number of carbonyl (C=O) groups excluding carboxylic acids is 1. The summed E-state index contributed by atoms with van der Waals surface area (Å²) in [5.41, 5.74) is 3.41. The van der Waals surface area contributed by atoms with Gasteiger partial charge in [-0.25, -0.2) is 4.79 Å². The quantitative estimate of drug-likeness (QED) is 0.877. The van der Waals surface area contributed by atoms with Crippen LogP contribution in [0, 0.1) is 0 Å². The van der Waals surface area contributed by atoms with Crippen molar-refractivity contribution in [3.05, 3.63) is 54.1 Å². The molecule has 1 aliphatic rings. The van der Waals surface area contributed by atoms with Crippen LogP contribution in [-0.2, 0) is 5.41 Å². The number of carbonyl (C=O) groups is 1. The van der Waals surface area contributed by atoms with E-state index in [0.717, 1.165) is 13.1 Å². The van der Waals surface area contributed by atoms with Crippen molar-refractivity contribution in [2.24, 2.45) is 0 Å². The molecule has 0 aromatic heterocycles. The number of nitrogens with zero attached hydrogens (tertiary/aromatic N) is 2. The van der Waals surface area contributed by atoms with Crippen molar-refractivity contribution < 1.29 is 9.53 Å². The molecular weight excluding hydrogens is 338 g/mol. The number of benzene rings is 2. The van der Waals surface area contributed by atoms with Crippen molar-refractivity contribution in [2.75, 3.05) is 43.5 Å². The van der Waals surface area contributed by atoms with Crippen molar-refractivity contribution in [3.8, 4) is 5.75 Å². The molecule has 3 rings (SSSR count). The lowest BCUT2D eigenvalue weighted by Gasteiger charge is -2.36. The summed E-state index contributed by atoms with van der Waals surface area (Å²) < 4.78 is 5.30. The number of nitrogens with one attached hydrogen (secondary N) is 1. The Morgan fingerprint density at radius 3 is 2.19 bits per heavy atom. The Kier molecular flexibility index (Phi) is 5.59. The number of urea groups is 1. The minimum Gasteiger partial charge on any atom is -0.495 e. The molecule has 1 saturated heterocycles. The second-order valence-electron chi connectivity index (χ2n) is 7.90. The minimum absolute atomic E-state index is 0.0813. The van der Waals surface area contributed by atoms with Crippen molar-refractivity contribution in [1.82, 2.24) is 4.90 Å². The van der Waals surface area contributed by atoms with Crippen LogP contribution >= 0.6 is 0 Å². The molecule has 0 aliphatic carbocycles. The summed E-state index contributed by atoms with van der Waals surface area (Å²) in [5.74, 6) is 0.670. The highest BCUT2D eigenvalue weighted by Gasteiger charge is 2.22. The first-order valence-corrected chi connectivity index (χ1v) is 9.43. The van der Waals surface area contributed by atoms with Crippen LogP contribution in [0.3, 0.4) is 0 Å². The first-order valence-electron chi connectivity index (χ1n) is 9.43. The molecule has 27 heavy (non-hydrogen) atoms. The molecule has 0 radical (unpaired) electrons. The molecule has 5 heteroatoms. The number of hydrogen-bond donors (Lipinski definition) is 1. The maximum atomic E-state index is 12.6. The molecule has 1 N–H and O–H groups in total. The van der Waals surface area contributed by atoms with E-state index in [9.17, 15) is 4.79 Å². The van der Waals surface area contributed by atoms with Crippen molar-refractivity contribution in [3.63, 3.8) is 0 Å². The van der Waals surface area contributed by atoms with E-state index in [0.29, 0.717) is 24.5 Å². The van der Waals surface area contributed by atoms with E-state index in [-0.39, 0.29) is 11.4 Å². The summed E-state index contributed by atoms with van der Waals surface area (Å²) in [5, 5.41) is 2.95. The molecule has 2 amide bonds. The SMILES string of the molecule is COc1ccccc1NC(=O)N1CCN(c2ccc(C(C)(C)C)cc2)CC1. The van der Waals surface area contributed by atoms with Gasteiger partial charge in [0.15, 0.2) is 0 Å². The summed E-state index contributed by atoms with van der Waals surface area (Å²) >= 11 is 0. The van der Waals surface area contributed by atoms with Gasteiger partial charge in [0.1, 0.15) is 5.75 Å². The molecule has 5 nitrogen and oxygen atoms in total. The zero-order valence-corrected chi connectivity index (χ0v) is 16.7. The Labute approximate surface area is 161 Å². The molecule has 1 aliphatic heterocycles. The molecule has 0 unspecified atom stereocenters. The number of rotatable bonds is 3. The second kappa shape index (κ2) is 7.91. The van der Waals surface area contributed by atoms with Crippen LogP contribution in [-0.4, -0.2) is 44.2 Å². The number of ether oxygens (including phenoxy) is 1. The average molecular weight is 367 g/mol. The van der Waals surface area contributed by atoms with Crippen LogP contribution in [0.1, 0.15) is 26.3 Å². The van der Waals surface area contributed by atoms with Crippen LogP contribution in [0.15, 0.2) is 48.5 Å². The molecule has 0 atom stereocenters. The van der Waals surface area contributed by atoms with Crippen LogP contribution in [0.5, 0.6) is 5.75 Å². The molecule has 2 aromatic rings. The van der Waals surface area contributed by atoms with Crippen LogP contribution in [0.25, 0.3) is 0 Å². The van der Waals surface area contributed by atoms with Gasteiger partial charge in [-0.2, -0.15) is 0 Å². The third-order valence-corrected chi connectivity index (χ3v) is 5.01. The minimum atomic E-state index is -0.0813. The number of piperazine rings is 1. The normalized spacial score (nSPS) is 14.8. The molecular formula is C22H29N3O2. The Morgan fingerprint density at radius 2 is 1.59 bits per heavy atom. The molecule has 144 valence electrons. The number of anilines is 2. The summed E-state index contributed by atoms with van der Waals surface area (Å²) in [6.07, 6.45) is 0. The van der Waals surface area contributed by atoms with E-state index < -0.39 is 0 Å². The first kappa shape index (κ1) is 19.1. The molecule has 1 fully saturated rings. The Hall–Kier alpha value is -2.69. The van der Waals surface area contributed by atoms with E-state index in [1.807, 2.05) is 29.2 Å². The predicted molar refractivity (Wildman–Crippen MR) is 111 cm³/mol. The van der Waals surface area contributed by atoms with Gasteiger partial charge in [0.05, 0.1) is 12.8 Å². The number of para-hydroxylation sites is 2. The van der Waals surface area contributed by atoms with Crippen LogP contribution in [0.2, 0.25) is 0 Å². The van der Waals surface area contributed by atoms with E-state index in [4.69, 9.17) is 4.74 Å². The fourth-order valence-electron chi connectivity index (χ4n) is 3.28. The summed E-state index contributed by atoms with van der Waals surface area (Å²) in [6.45, 7) is 9.72. The Balaban J connectivity index is 1.57. The molecule has 1 heterocycles. The monoisotopic (exact) mass is 367 g/mol. The van der Waals surface area contributed by atoms with Gasteiger partial charge in [-0.05, 0) is 35.2 Å². The number of hydrogen-bond acceptors (Lipinski definition) is 3. The van der Waals surface area contributed by atoms with E-state index in [1.54, 1.807) is 7.11 Å². The topological polar surface area (TPSA) is 44.8 Å². The number of amides is 2. The zero-order valence-electron chi connectivity index (χ0n) is 16.7. The summed E-state index contributed by atoms with van der Waals surface area (Å²) in [4.78, 5) is 16.8. The predicted octanol–water partition coefficient (Wildman–Crippen LogP) is 4.35. The highest BCUT2D eigenvalue weighted by atomic mass is 16.5. The third kappa shape index (κ3) is 4.54. The van der Waals surface area contributed by atoms with Crippen molar-refractivity contribution in [2.45, 2.75) is 26.2 Å². The maximum Gasteiger partial charge on any atom is 0.322 e. The van der Waals surface area contributed by atoms with Crippen LogP contribution in [0.4, 0.5) is 16.2 Å². The Morgan fingerprint density at radius 1 is 0.963 bits per heavy atom. The fraction of sp³-hybridized carbons (Fsp3) is 0.409. The standard InChI is InChI=1S/C22H29N3O2/c1-22(2,3)17-9-11-18(12-10-17)24-13-15-25(16-14-24)21(26)23-19-7-5-6-8-20(19)27-4/h5-12H,13-16H2,1-4H3,(H,23,26). The lowest BCUT2D eigenvalue weighted by molar-refractivity contribution is 0.208. The van der Waals surface area contributed by atoms with Gasteiger partial charge in [-0.3, -0.25) is 0 Å². The van der Waals surface area contributed by atoms with E-state index in [2.05, 4.69) is 55.3 Å². The molecule has 2 aromatic carbocycles. The zero-order chi connectivity index (χ0) is 19.4. The lowest BCUT2D eigenvalue weighted by atomic mass is 9.87. The largest absolute Gasteiger partial charge is 0.495 e. The third-order valence-electron chi connectivity index (χ3n) is 5.01. The van der Waals surface area contributed by atoms with Gasteiger partial charge in [-0.15, -0.1) is 0 Å². The smallest absolute Gasteiger partial charge is 0.322 e.